The minimum Gasteiger partial charge on any atom is -0.325 e. The first-order chi connectivity index (χ1) is 6.68. The molecule has 1 fully saturated rings. The van der Waals surface area contributed by atoms with Crippen molar-refractivity contribution in [2.75, 3.05) is 19.6 Å². The predicted octanol–water partition coefficient (Wildman–Crippen LogP) is 2.48. The highest BCUT2D eigenvalue weighted by Crippen LogP contribution is 2.27. The highest BCUT2D eigenvalue weighted by atomic mass is 15.1. The Bertz CT molecular complexity index is 190. The molecule has 0 atom stereocenters. The van der Waals surface area contributed by atoms with Crippen LogP contribution in [0.5, 0.6) is 0 Å². The number of nitrogens with two attached hydrogens (primary N) is 1. The van der Waals surface area contributed by atoms with Gasteiger partial charge in [0.2, 0.25) is 0 Å². The summed E-state index contributed by atoms with van der Waals surface area (Å²) in [5.41, 5.74) is 6.59. The monoisotopic (exact) mass is 212 g/mol. The quantitative estimate of drug-likeness (QED) is 0.762. The van der Waals surface area contributed by atoms with Crippen molar-refractivity contribution in [3.8, 4) is 0 Å². The van der Waals surface area contributed by atoms with E-state index in [2.05, 4.69) is 39.5 Å². The lowest BCUT2D eigenvalue weighted by atomic mass is 9.80. The first kappa shape index (κ1) is 13.0. The molecule has 2 nitrogen and oxygen atoms in total. The lowest BCUT2D eigenvalue weighted by molar-refractivity contribution is 0.111. The molecule has 15 heavy (non-hydrogen) atoms. The molecule has 0 unspecified atom stereocenters. The second kappa shape index (κ2) is 4.42. The van der Waals surface area contributed by atoms with Crippen LogP contribution in [-0.4, -0.2) is 30.1 Å². The normalized spacial score (nSPS) is 22.0. The highest BCUT2D eigenvalue weighted by molar-refractivity contribution is 4.87. The molecule has 1 rings (SSSR count). The van der Waals surface area contributed by atoms with Crippen LogP contribution < -0.4 is 5.73 Å². The largest absolute Gasteiger partial charge is 0.325 e. The van der Waals surface area contributed by atoms with Crippen molar-refractivity contribution in [3.05, 3.63) is 0 Å². The zero-order valence-electron chi connectivity index (χ0n) is 11.1. The van der Waals surface area contributed by atoms with E-state index in [1.54, 1.807) is 0 Å². The SMILES string of the molecule is CC(C)(C)CN1CCC(C(C)(C)N)CC1. The van der Waals surface area contributed by atoms with Crippen molar-refractivity contribution in [3.63, 3.8) is 0 Å². The van der Waals surface area contributed by atoms with Gasteiger partial charge < -0.3 is 10.6 Å². The van der Waals surface area contributed by atoms with E-state index in [0.717, 1.165) is 0 Å². The van der Waals surface area contributed by atoms with E-state index in [9.17, 15) is 0 Å². The van der Waals surface area contributed by atoms with Crippen LogP contribution in [0.15, 0.2) is 0 Å². The Hall–Kier alpha value is -0.0800. The van der Waals surface area contributed by atoms with E-state index in [4.69, 9.17) is 5.73 Å². The topological polar surface area (TPSA) is 29.3 Å². The van der Waals surface area contributed by atoms with Gasteiger partial charge in [0.25, 0.3) is 0 Å². The maximum absolute atomic E-state index is 6.16. The molecule has 0 amide bonds. The first-order valence-electron chi connectivity index (χ1n) is 6.20. The zero-order chi connectivity index (χ0) is 11.7. The Morgan fingerprint density at radius 2 is 1.53 bits per heavy atom. The molecule has 0 saturated carbocycles. The summed E-state index contributed by atoms with van der Waals surface area (Å²) in [6, 6.07) is 0. The number of hydrogen-bond acceptors (Lipinski definition) is 2. The molecule has 0 radical (unpaired) electrons. The zero-order valence-corrected chi connectivity index (χ0v) is 11.1. The van der Waals surface area contributed by atoms with E-state index < -0.39 is 0 Å². The van der Waals surface area contributed by atoms with Gasteiger partial charge in [-0.3, -0.25) is 0 Å². The van der Waals surface area contributed by atoms with Crippen molar-refractivity contribution in [1.29, 1.82) is 0 Å². The molecule has 1 heterocycles. The molecule has 0 aromatic rings. The van der Waals surface area contributed by atoms with E-state index in [-0.39, 0.29) is 5.54 Å². The van der Waals surface area contributed by atoms with Crippen LogP contribution in [0.1, 0.15) is 47.5 Å². The van der Waals surface area contributed by atoms with Crippen molar-refractivity contribution in [2.45, 2.75) is 53.0 Å². The van der Waals surface area contributed by atoms with Crippen LogP contribution in [0.3, 0.4) is 0 Å². The van der Waals surface area contributed by atoms with Gasteiger partial charge in [-0.2, -0.15) is 0 Å². The summed E-state index contributed by atoms with van der Waals surface area (Å²) in [7, 11) is 0. The summed E-state index contributed by atoms with van der Waals surface area (Å²) in [5, 5.41) is 0. The van der Waals surface area contributed by atoms with E-state index in [1.165, 1.54) is 32.5 Å². The van der Waals surface area contributed by atoms with Gasteiger partial charge in [-0.15, -0.1) is 0 Å². The van der Waals surface area contributed by atoms with Gasteiger partial charge in [0.05, 0.1) is 0 Å². The van der Waals surface area contributed by atoms with Crippen LogP contribution in [0, 0.1) is 11.3 Å². The number of piperidine rings is 1. The molecule has 0 aromatic carbocycles. The molecule has 0 spiro atoms. The number of hydrogen-bond donors (Lipinski definition) is 1. The fourth-order valence-corrected chi connectivity index (χ4v) is 2.51. The smallest absolute Gasteiger partial charge is 0.0126 e. The summed E-state index contributed by atoms with van der Waals surface area (Å²) >= 11 is 0. The maximum atomic E-state index is 6.16. The van der Waals surface area contributed by atoms with Gasteiger partial charge in [0.1, 0.15) is 0 Å². The average Bonchev–Trinajstić information content (AvgIpc) is 2.00. The fourth-order valence-electron chi connectivity index (χ4n) is 2.51. The van der Waals surface area contributed by atoms with Crippen molar-refractivity contribution < 1.29 is 0 Å². The molecule has 0 bridgehead atoms. The van der Waals surface area contributed by atoms with Gasteiger partial charge in [-0.1, -0.05) is 20.8 Å². The number of rotatable bonds is 2. The Kier molecular flexibility index (Phi) is 3.83. The average molecular weight is 212 g/mol. The summed E-state index contributed by atoms with van der Waals surface area (Å²) in [6.07, 6.45) is 2.53. The number of likely N-dealkylation sites (tertiary alicyclic amines) is 1. The summed E-state index contributed by atoms with van der Waals surface area (Å²) in [6.45, 7) is 14.9. The Morgan fingerprint density at radius 3 is 1.87 bits per heavy atom. The van der Waals surface area contributed by atoms with Crippen molar-refractivity contribution >= 4 is 0 Å². The van der Waals surface area contributed by atoms with E-state index in [0.29, 0.717) is 11.3 Å². The molecule has 2 N–H and O–H groups in total. The van der Waals surface area contributed by atoms with Crippen molar-refractivity contribution in [1.82, 2.24) is 4.90 Å². The molecule has 2 heteroatoms. The number of nitrogens with zero attached hydrogens (tertiary/aromatic N) is 1. The third kappa shape index (κ3) is 4.52. The van der Waals surface area contributed by atoms with Crippen LogP contribution in [0.4, 0.5) is 0 Å². The van der Waals surface area contributed by atoms with Crippen LogP contribution in [-0.2, 0) is 0 Å². The second-order valence-corrected chi connectivity index (χ2v) is 6.93. The van der Waals surface area contributed by atoms with Gasteiger partial charge >= 0.3 is 0 Å². The predicted molar refractivity (Wildman–Crippen MR) is 66.9 cm³/mol. The molecule has 0 aliphatic carbocycles. The molecular formula is C13H28N2. The third-order valence-electron chi connectivity index (χ3n) is 3.34. The Balaban J connectivity index is 2.37. The fraction of sp³-hybridized carbons (Fsp3) is 1.00. The standard InChI is InChI=1S/C13H28N2/c1-12(2,3)10-15-8-6-11(7-9-15)13(4,5)14/h11H,6-10,14H2,1-5H3. The Labute approximate surface area is 95.2 Å². The minimum atomic E-state index is 0.00776. The third-order valence-corrected chi connectivity index (χ3v) is 3.34. The summed E-state index contributed by atoms with van der Waals surface area (Å²) in [4.78, 5) is 2.59. The molecule has 1 saturated heterocycles. The van der Waals surface area contributed by atoms with Gasteiger partial charge in [0, 0.05) is 12.1 Å². The molecule has 1 aliphatic heterocycles. The summed E-state index contributed by atoms with van der Waals surface area (Å²) in [5.74, 6) is 0.703. The second-order valence-electron chi connectivity index (χ2n) is 6.93. The maximum Gasteiger partial charge on any atom is 0.0126 e. The molecule has 90 valence electrons. The first-order valence-corrected chi connectivity index (χ1v) is 6.20. The lowest BCUT2D eigenvalue weighted by Gasteiger charge is -2.40. The minimum absolute atomic E-state index is 0.00776. The molecule has 1 aliphatic rings. The lowest BCUT2D eigenvalue weighted by Crippen LogP contribution is -2.48. The van der Waals surface area contributed by atoms with Gasteiger partial charge in [0.15, 0.2) is 0 Å². The molecular weight excluding hydrogens is 184 g/mol. The van der Waals surface area contributed by atoms with Crippen LogP contribution >= 0.6 is 0 Å². The molecule has 0 aromatic heterocycles. The van der Waals surface area contributed by atoms with Crippen molar-refractivity contribution in [2.24, 2.45) is 17.1 Å². The van der Waals surface area contributed by atoms with E-state index >= 15 is 0 Å². The van der Waals surface area contributed by atoms with E-state index in [1.807, 2.05) is 0 Å². The van der Waals surface area contributed by atoms with Gasteiger partial charge in [-0.05, 0) is 51.1 Å². The Morgan fingerprint density at radius 1 is 1.07 bits per heavy atom. The van der Waals surface area contributed by atoms with Crippen LogP contribution in [0.25, 0.3) is 0 Å². The highest BCUT2D eigenvalue weighted by Gasteiger charge is 2.30. The van der Waals surface area contributed by atoms with Crippen LogP contribution in [0.2, 0.25) is 0 Å². The van der Waals surface area contributed by atoms with Gasteiger partial charge in [-0.25, -0.2) is 0 Å². The summed E-state index contributed by atoms with van der Waals surface area (Å²) < 4.78 is 0.